The number of nitrogens with zero attached hydrogens (tertiary/aromatic N) is 3. The van der Waals surface area contributed by atoms with Gasteiger partial charge in [0.25, 0.3) is 5.91 Å². The maximum absolute atomic E-state index is 12.7. The Kier molecular flexibility index (Phi) is 8.50. The van der Waals surface area contributed by atoms with E-state index in [2.05, 4.69) is 32.6 Å². The number of thioether (sulfide) groups is 1. The van der Waals surface area contributed by atoms with Gasteiger partial charge in [-0.05, 0) is 69.5 Å². The van der Waals surface area contributed by atoms with Gasteiger partial charge in [-0.25, -0.2) is 0 Å². The Morgan fingerprint density at radius 2 is 1.95 bits per heavy atom. The smallest absolute Gasteiger partial charge is 0.283 e. The summed E-state index contributed by atoms with van der Waals surface area (Å²) in [5.41, 5.74) is 1.86. The van der Waals surface area contributed by atoms with Crippen LogP contribution in [-0.2, 0) is 11.2 Å². The van der Waals surface area contributed by atoms with Crippen molar-refractivity contribution < 1.29 is 19.0 Å². The molecule has 0 unspecified atom stereocenters. The van der Waals surface area contributed by atoms with Crippen LogP contribution in [-0.4, -0.2) is 47.3 Å². The molecule has 2 aromatic carbocycles. The van der Waals surface area contributed by atoms with E-state index >= 15 is 0 Å². The van der Waals surface area contributed by atoms with Crippen molar-refractivity contribution in [3.63, 3.8) is 0 Å². The van der Waals surface area contributed by atoms with Crippen LogP contribution >= 0.6 is 27.7 Å². The minimum absolute atomic E-state index is 0.0116. The largest absolute Gasteiger partial charge is 0.493 e. The molecule has 37 heavy (non-hydrogen) atoms. The maximum atomic E-state index is 12.7. The van der Waals surface area contributed by atoms with Crippen molar-refractivity contribution in [2.24, 2.45) is 16.0 Å². The summed E-state index contributed by atoms with van der Waals surface area (Å²) in [7, 11) is 1.54. The van der Waals surface area contributed by atoms with Crippen LogP contribution < -0.4 is 14.2 Å². The third-order valence-electron chi connectivity index (χ3n) is 5.45. The zero-order valence-corrected chi connectivity index (χ0v) is 23.2. The van der Waals surface area contributed by atoms with Gasteiger partial charge in [0, 0.05) is 5.92 Å². The van der Waals surface area contributed by atoms with Crippen LogP contribution in [0.4, 0.5) is 0 Å². The highest BCUT2D eigenvalue weighted by Gasteiger charge is 2.36. The number of benzene rings is 2. The molecule has 0 fully saturated rings. The lowest BCUT2D eigenvalue weighted by Gasteiger charge is -2.20. The number of carbonyl (C=O) groups excluding carboxylic acids is 1. The summed E-state index contributed by atoms with van der Waals surface area (Å²) in [6.07, 6.45) is 4.17. The van der Waals surface area contributed by atoms with Gasteiger partial charge in [-0.15, -0.1) is 6.58 Å². The van der Waals surface area contributed by atoms with Crippen molar-refractivity contribution in [1.82, 2.24) is 5.01 Å². The molecule has 0 atom stereocenters. The minimum atomic E-state index is -0.478. The lowest BCUT2D eigenvalue weighted by Crippen LogP contribution is -2.35. The summed E-state index contributed by atoms with van der Waals surface area (Å²) in [6, 6.07) is 11.4. The molecule has 0 saturated carbocycles. The van der Waals surface area contributed by atoms with E-state index in [1.54, 1.807) is 25.3 Å². The molecule has 10 heteroatoms. The summed E-state index contributed by atoms with van der Waals surface area (Å²) >= 11 is 4.86. The molecule has 2 aliphatic heterocycles. The van der Waals surface area contributed by atoms with Crippen molar-refractivity contribution in [1.29, 1.82) is 5.41 Å². The number of carbonyl (C=O) groups is 1. The first kappa shape index (κ1) is 26.7. The highest BCUT2D eigenvalue weighted by atomic mass is 79.9. The Bertz CT molecular complexity index is 1340. The fourth-order valence-electron chi connectivity index (χ4n) is 3.63. The number of hydrogen-bond acceptors (Lipinski definition) is 7. The molecular formula is C27H27BrN4O4S. The average molecular weight is 584 g/mol. The lowest BCUT2D eigenvalue weighted by molar-refractivity contribution is -0.114. The van der Waals surface area contributed by atoms with Gasteiger partial charge >= 0.3 is 0 Å². The van der Waals surface area contributed by atoms with Gasteiger partial charge in [-0.2, -0.15) is 15.1 Å². The van der Waals surface area contributed by atoms with Crippen LogP contribution in [0, 0.1) is 11.3 Å². The van der Waals surface area contributed by atoms with E-state index in [4.69, 9.17) is 19.6 Å². The summed E-state index contributed by atoms with van der Waals surface area (Å²) in [5.74, 6) is 1.47. The lowest BCUT2D eigenvalue weighted by atomic mass is 10.1. The molecule has 1 amide bonds. The van der Waals surface area contributed by atoms with E-state index in [0.29, 0.717) is 39.9 Å². The number of nitrogens with one attached hydrogen (secondary N) is 1. The highest BCUT2D eigenvalue weighted by Crippen LogP contribution is 2.38. The molecule has 0 spiro atoms. The van der Waals surface area contributed by atoms with Gasteiger partial charge in [-0.1, -0.05) is 38.1 Å². The standard InChI is InChI=1S/C27H27BrN4O4S/c1-5-8-18-9-6-7-10-21(18)35-11-12-36-23-20(28)14-17(15-22(23)34-4)13-19-24(29)32-27(30-25(19)33)37-26(31-32)16(2)3/h5-7,9-10,13-16,29H,1,8,11-12H2,2-4H3. The number of methoxy groups -OCH3 is 1. The number of halogens is 1. The van der Waals surface area contributed by atoms with Gasteiger partial charge in [-0.3, -0.25) is 10.2 Å². The molecule has 192 valence electrons. The van der Waals surface area contributed by atoms with Crippen molar-refractivity contribution in [2.75, 3.05) is 20.3 Å². The third kappa shape index (κ3) is 5.97. The number of aliphatic imine (C=N–C) groups is 1. The quantitative estimate of drug-likeness (QED) is 0.212. The maximum Gasteiger partial charge on any atom is 0.283 e. The number of amides is 1. The molecule has 0 aromatic heterocycles. The first-order valence-corrected chi connectivity index (χ1v) is 13.2. The van der Waals surface area contributed by atoms with Crippen molar-refractivity contribution in [2.45, 2.75) is 20.3 Å². The second kappa shape index (κ2) is 11.8. The van der Waals surface area contributed by atoms with Gasteiger partial charge in [0.15, 0.2) is 17.3 Å². The zero-order chi connectivity index (χ0) is 26.5. The summed E-state index contributed by atoms with van der Waals surface area (Å²) in [4.78, 5) is 16.9. The number of rotatable bonds is 10. The predicted molar refractivity (Wildman–Crippen MR) is 152 cm³/mol. The topological polar surface area (TPSA) is 96.6 Å². The SMILES string of the molecule is C=CCc1ccccc1OCCOc1c(Br)cc(C=C2C(=N)N3N=C(C(C)C)SC3=NC2=O)cc1OC. The Labute approximate surface area is 228 Å². The highest BCUT2D eigenvalue weighted by molar-refractivity contribution is 9.10. The fraction of sp³-hybridized carbons (Fsp3) is 0.259. The number of fused-ring (bicyclic) bond motifs is 1. The molecule has 1 N–H and O–H groups in total. The molecule has 4 rings (SSSR count). The normalized spacial score (nSPS) is 16.0. The second-order valence-corrected chi connectivity index (χ2v) is 10.3. The Morgan fingerprint density at radius 3 is 2.68 bits per heavy atom. The van der Waals surface area contributed by atoms with Gasteiger partial charge < -0.3 is 14.2 Å². The molecule has 2 aromatic rings. The summed E-state index contributed by atoms with van der Waals surface area (Å²) in [6.45, 7) is 8.44. The number of hydrogen-bond donors (Lipinski definition) is 1. The van der Waals surface area contributed by atoms with Crippen LogP contribution in [0.15, 0.2) is 69.2 Å². The van der Waals surface area contributed by atoms with E-state index < -0.39 is 5.91 Å². The van der Waals surface area contributed by atoms with Gasteiger partial charge in [0.05, 0.1) is 17.2 Å². The third-order valence-corrected chi connectivity index (χ3v) is 7.25. The Balaban J connectivity index is 1.48. The van der Waals surface area contributed by atoms with Gasteiger partial charge in [0.2, 0.25) is 5.17 Å². The number of allylic oxidation sites excluding steroid dienone is 1. The monoisotopic (exact) mass is 582 g/mol. The van der Waals surface area contributed by atoms with E-state index in [1.807, 2.05) is 44.2 Å². The first-order chi connectivity index (χ1) is 17.8. The molecule has 0 aliphatic carbocycles. The van der Waals surface area contributed by atoms with E-state index in [9.17, 15) is 4.79 Å². The van der Waals surface area contributed by atoms with Crippen molar-refractivity contribution >= 4 is 55.7 Å². The van der Waals surface area contributed by atoms with Crippen molar-refractivity contribution in [3.8, 4) is 17.2 Å². The molecule has 0 saturated heterocycles. The Morgan fingerprint density at radius 1 is 1.19 bits per heavy atom. The molecular weight excluding hydrogens is 556 g/mol. The second-order valence-electron chi connectivity index (χ2n) is 8.44. The van der Waals surface area contributed by atoms with Crippen LogP contribution in [0.2, 0.25) is 0 Å². The van der Waals surface area contributed by atoms with E-state index in [1.165, 1.54) is 16.8 Å². The molecule has 0 bridgehead atoms. The molecule has 2 aliphatic rings. The predicted octanol–water partition coefficient (Wildman–Crippen LogP) is 5.92. The van der Waals surface area contributed by atoms with E-state index in [0.717, 1.165) is 22.8 Å². The van der Waals surface area contributed by atoms with Crippen molar-refractivity contribution in [3.05, 3.63) is 70.2 Å². The number of para-hydroxylation sites is 1. The van der Waals surface area contributed by atoms with Crippen LogP contribution in [0.1, 0.15) is 25.0 Å². The van der Waals surface area contributed by atoms with Gasteiger partial charge in [0.1, 0.15) is 24.0 Å². The minimum Gasteiger partial charge on any atom is -0.493 e. The first-order valence-electron chi connectivity index (χ1n) is 11.6. The molecule has 8 nitrogen and oxygen atoms in total. The van der Waals surface area contributed by atoms with E-state index in [-0.39, 0.29) is 17.3 Å². The fourth-order valence-corrected chi connectivity index (χ4v) is 5.10. The number of amidine groups is 2. The van der Waals surface area contributed by atoms with Crippen LogP contribution in [0.25, 0.3) is 6.08 Å². The van der Waals surface area contributed by atoms with Crippen LogP contribution in [0.3, 0.4) is 0 Å². The zero-order valence-electron chi connectivity index (χ0n) is 20.8. The Hall–Kier alpha value is -3.37. The average Bonchev–Trinajstić information content (AvgIpc) is 3.31. The number of hydrazone groups is 1. The molecule has 0 radical (unpaired) electrons. The summed E-state index contributed by atoms with van der Waals surface area (Å²) in [5, 5.41) is 15.6. The summed E-state index contributed by atoms with van der Waals surface area (Å²) < 4.78 is 18.0. The molecule has 2 heterocycles. The number of ether oxygens (including phenoxy) is 3. The van der Waals surface area contributed by atoms with Crippen LogP contribution in [0.5, 0.6) is 17.2 Å².